The maximum absolute atomic E-state index is 9.40. The van der Waals surface area contributed by atoms with Crippen molar-refractivity contribution in [2.24, 2.45) is 0 Å². The van der Waals surface area contributed by atoms with E-state index < -0.39 is 18.4 Å². The molecule has 0 aliphatic heterocycles. The van der Waals surface area contributed by atoms with Gasteiger partial charge < -0.3 is 0 Å². The molecule has 0 bridgehead atoms. The van der Waals surface area contributed by atoms with Crippen LogP contribution in [0.5, 0.6) is 0 Å². The van der Waals surface area contributed by atoms with E-state index in [2.05, 4.69) is 33.8 Å². The molecule has 2 heteroatoms. The second-order valence-corrected chi connectivity index (χ2v) is 19.3. The first kappa shape index (κ1) is 19.5. The summed E-state index contributed by atoms with van der Waals surface area (Å²) in [5, 5.41) is 9.40. The van der Waals surface area contributed by atoms with Crippen molar-refractivity contribution in [3.8, 4) is 0 Å². The van der Waals surface area contributed by atoms with Gasteiger partial charge in [0.1, 0.15) is 0 Å². The minimum absolute atomic E-state index is 0.350. The molecule has 19 heavy (non-hydrogen) atoms. The van der Waals surface area contributed by atoms with E-state index >= 15 is 0 Å². The van der Waals surface area contributed by atoms with Gasteiger partial charge in [-0.25, -0.2) is 0 Å². The second-order valence-electron chi connectivity index (χ2n) is 5.88. The van der Waals surface area contributed by atoms with Gasteiger partial charge in [0.2, 0.25) is 0 Å². The van der Waals surface area contributed by atoms with E-state index in [1.54, 1.807) is 3.59 Å². The van der Waals surface area contributed by atoms with E-state index in [0.29, 0.717) is 6.61 Å². The number of hydrogen-bond acceptors (Lipinski definition) is 1. The Morgan fingerprint density at radius 2 is 1.32 bits per heavy atom. The molecule has 114 valence electrons. The van der Waals surface area contributed by atoms with E-state index in [0.717, 1.165) is 6.42 Å². The van der Waals surface area contributed by atoms with Crippen molar-refractivity contribution in [2.75, 3.05) is 6.61 Å². The summed E-state index contributed by atoms with van der Waals surface area (Å²) in [6, 6.07) is 0. The maximum atomic E-state index is 9.40. The standard InChI is InChI=1S/C5H9O.3C4H9.Sn/c1-2-3-4-5-6;3*1-3-4-2;/h2,6H,4-5H2,1H3;3*1,3-4H2,2H3;. The average Bonchev–Trinajstić information content (AvgIpc) is 2.44. The van der Waals surface area contributed by atoms with Crippen LogP contribution in [0.25, 0.3) is 0 Å². The Kier molecular flexibility index (Phi) is 12.6. The molecule has 0 saturated heterocycles. The van der Waals surface area contributed by atoms with Crippen LogP contribution in [0.3, 0.4) is 0 Å². The molecule has 1 nitrogen and oxygen atoms in total. The van der Waals surface area contributed by atoms with Gasteiger partial charge in [0.25, 0.3) is 0 Å². The normalized spacial score (nSPS) is 13.0. The van der Waals surface area contributed by atoms with Gasteiger partial charge in [0.05, 0.1) is 0 Å². The molecule has 0 unspecified atom stereocenters. The molecule has 0 fully saturated rings. The molecule has 0 aliphatic rings. The summed E-state index contributed by atoms with van der Waals surface area (Å²) in [5.41, 5.74) is 0. The average molecular weight is 375 g/mol. The van der Waals surface area contributed by atoms with Gasteiger partial charge in [0, 0.05) is 0 Å². The Labute approximate surface area is 125 Å². The molecule has 0 aromatic heterocycles. The Balaban J connectivity index is 5.05. The van der Waals surface area contributed by atoms with Crippen LogP contribution >= 0.6 is 0 Å². The number of allylic oxidation sites excluding steroid dienone is 1. The summed E-state index contributed by atoms with van der Waals surface area (Å²) in [4.78, 5) is 0. The van der Waals surface area contributed by atoms with Gasteiger partial charge in [-0.3, -0.25) is 0 Å². The van der Waals surface area contributed by atoms with Gasteiger partial charge in [-0.15, -0.1) is 0 Å². The van der Waals surface area contributed by atoms with Crippen molar-refractivity contribution in [2.45, 2.75) is 86.0 Å². The molecule has 0 radical (unpaired) electrons. The van der Waals surface area contributed by atoms with E-state index in [1.165, 1.54) is 51.8 Å². The Morgan fingerprint density at radius 3 is 1.58 bits per heavy atom. The monoisotopic (exact) mass is 376 g/mol. The fourth-order valence-electron chi connectivity index (χ4n) is 3.24. The van der Waals surface area contributed by atoms with Crippen LogP contribution in [-0.4, -0.2) is 30.1 Å². The molecular weight excluding hydrogens is 339 g/mol. The van der Waals surface area contributed by atoms with Crippen LogP contribution in [0, 0.1) is 0 Å². The molecule has 0 amide bonds. The summed E-state index contributed by atoms with van der Waals surface area (Å²) < 4.78 is 6.28. The van der Waals surface area contributed by atoms with Crippen molar-refractivity contribution in [3.63, 3.8) is 0 Å². The summed E-state index contributed by atoms with van der Waals surface area (Å²) in [7, 11) is 0. The number of hydrogen-bond donors (Lipinski definition) is 1. The van der Waals surface area contributed by atoms with Crippen molar-refractivity contribution >= 4 is 18.4 Å². The van der Waals surface area contributed by atoms with Crippen molar-refractivity contribution < 1.29 is 5.11 Å². The predicted octanol–water partition coefficient (Wildman–Crippen LogP) is 5.70. The quantitative estimate of drug-likeness (QED) is 0.434. The summed E-state index contributed by atoms with van der Waals surface area (Å²) in [6.45, 7) is 9.51. The van der Waals surface area contributed by atoms with Crippen molar-refractivity contribution in [1.29, 1.82) is 0 Å². The molecule has 1 N–H and O–H groups in total. The summed E-state index contributed by atoms with van der Waals surface area (Å²) in [5.74, 6) is 0. The Morgan fingerprint density at radius 1 is 0.895 bits per heavy atom. The predicted molar refractivity (Wildman–Crippen MR) is 90.4 cm³/mol. The Hall–Kier alpha value is 0.499. The van der Waals surface area contributed by atoms with E-state index in [-0.39, 0.29) is 0 Å². The van der Waals surface area contributed by atoms with E-state index in [4.69, 9.17) is 0 Å². The van der Waals surface area contributed by atoms with Crippen LogP contribution in [0.1, 0.15) is 72.6 Å². The molecule has 0 rings (SSSR count). The zero-order valence-corrected chi connectivity index (χ0v) is 16.7. The summed E-state index contributed by atoms with van der Waals surface area (Å²) in [6.07, 6.45) is 11.6. The molecule has 0 atom stereocenters. The van der Waals surface area contributed by atoms with Gasteiger partial charge >= 0.3 is 126 Å². The third-order valence-corrected chi connectivity index (χ3v) is 21.1. The third-order valence-electron chi connectivity index (χ3n) is 4.44. The van der Waals surface area contributed by atoms with Gasteiger partial charge in [-0.1, -0.05) is 0 Å². The first-order valence-corrected chi connectivity index (χ1v) is 15.9. The number of aliphatic hydroxyl groups is 1. The van der Waals surface area contributed by atoms with Crippen LogP contribution in [-0.2, 0) is 0 Å². The SMILES string of the molecule is C/C=[C](/CCO)[Sn]([CH2]CCC)([CH2]CCC)[CH2]CCC. The molecule has 0 aromatic rings. The fourth-order valence-corrected chi connectivity index (χ4v) is 20.5. The van der Waals surface area contributed by atoms with Gasteiger partial charge in [0.15, 0.2) is 0 Å². The first-order valence-electron chi connectivity index (χ1n) is 8.47. The van der Waals surface area contributed by atoms with E-state index in [9.17, 15) is 5.11 Å². The van der Waals surface area contributed by atoms with Crippen LogP contribution in [0.15, 0.2) is 9.67 Å². The van der Waals surface area contributed by atoms with E-state index in [1.807, 2.05) is 0 Å². The molecule has 0 aliphatic carbocycles. The zero-order valence-electron chi connectivity index (χ0n) is 13.8. The molecular formula is C17H36OSn. The van der Waals surface area contributed by atoms with Crippen LogP contribution < -0.4 is 0 Å². The molecule has 0 aromatic carbocycles. The second kappa shape index (κ2) is 12.3. The van der Waals surface area contributed by atoms with Crippen LogP contribution in [0.2, 0.25) is 13.3 Å². The van der Waals surface area contributed by atoms with Crippen molar-refractivity contribution in [1.82, 2.24) is 0 Å². The molecule has 0 saturated carbocycles. The number of unbranched alkanes of at least 4 members (excludes halogenated alkanes) is 3. The first-order chi connectivity index (χ1) is 9.20. The number of rotatable bonds is 12. The zero-order chi connectivity index (χ0) is 14.6. The van der Waals surface area contributed by atoms with Gasteiger partial charge in [-0.05, 0) is 0 Å². The van der Waals surface area contributed by atoms with Crippen molar-refractivity contribution in [3.05, 3.63) is 9.67 Å². The van der Waals surface area contributed by atoms with Gasteiger partial charge in [-0.2, -0.15) is 0 Å². The third kappa shape index (κ3) is 7.17. The molecule has 0 heterocycles. The number of aliphatic hydroxyl groups excluding tert-OH is 1. The summed E-state index contributed by atoms with van der Waals surface area (Å²) >= 11 is -2.17. The minimum atomic E-state index is -2.17. The van der Waals surface area contributed by atoms with Crippen LogP contribution in [0.4, 0.5) is 0 Å². The molecule has 0 spiro atoms. The Bertz CT molecular complexity index is 214. The topological polar surface area (TPSA) is 20.2 Å². The fraction of sp³-hybridized carbons (Fsp3) is 0.882.